The second-order valence-electron chi connectivity index (χ2n) is 6.37. The Balaban J connectivity index is 0.00000312. The molecule has 0 atom stereocenters. The van der Waals surface area contributed by atoms with E-state index in [-0.39, 0.29) is 34.8 Å². The van der Waals surface area contributed by atoms with Gasteiger partial charge in [0.05, 0.1) is 17.1 Å². The third-order valence-electron chi connectivity index (χ3n) is 4.48. The van der Waals surface area contributed by atoms with E-state index in [1.54, 1.807) is 20.1 Å². The van der Waals surface area contributed by atoms with Gasteiger partial charge in [0.25, 0.3) is 11.6 Å². The maximum absolute atomic E-state index is 12.5. The lowest BCUT2D eigenvalue weighted by Gasteiger charge is -2.37. The van der Waals surface area contributed by atoms with Gasteiger partial charge in [-0.25, -0.2) is 0 Å². The molecule has 0 unspecified atom stereocenters. The summed E-state index contributed by atoms with van der Waals surface area (Å²) in [7, 11) is 1.65. The second-order valence-corrected chi connectivity index (χ2v) is 6.37. The Labute approximate surface area is 153 Å². The van der Waals surface area contributed by atoms with Crippen LogP contribution < -0.4 is 16.4 Å². The molecule has 8 nitrogen and oxygen atoms in total. The van der Waals surface area contributed by atoms with Crippen molar-refractivity contribution in [3.8, 4) is 0 Å². The molecule has 1 aromatic rings. The molecule has 1 aromatic carbocycles. The molecule has 4 N–H and O–H groups in total. The minimum atomic E-state index is -0.571. The van der Waals surface area contributed by atoms with Gasteiger partial charge in [0.2, 0.25) is 0 Å². The number of halogens is 1. The van der Waals surface area contributed by atoms with Crippen molar-refractivity contribution in [1.29, 1.82) is 0 Å². The molecule has 0 spiro atoms. The molecular formula is C16H25ClN4O4. The first-order chi connectivity index (χ1) is 11.4. The van der Waals surface area contributed by atoms with Crippen LogP contribution in [0, 0.1) is 22.5 Å². The Bertz CT molecular complexity index is 627. The number of ether oxygens (including phenoxy) is 1. The van der Waals surface area contributed by atoms with Crippen molar-refractivity contribution >= 4 is 29.7 Å². The minimum absolute atomic E-state index is 0. The van der Waals surface area contributed by atoms with Gasteiger partial charge in [-0.2, -0.15) is 0 Å². The van der Waals surface area contributed by atoms with Crippen LogP contribution >= 0.6 is 12.4 Å². The number of benzene rings is 1. The summed E-state index contributed by atoms with van der Waals surface area (Å²) >= 11 is 0. The van der Waals surface area contributed by atoms with Gasteiger partial charge in [-0.1, -0.05) is 0 Å². The molecule has 25 heavy (non-hydrogen) atoms. The Kier molecular flexibility index (Phi) is 7.60. The number of nitrogens with zero attached hydrogens (tertiary/aromatic N) is 1. The van der Waals surface area contributed by atoms with E-state index in [9.17, 15) is 14.9 Å². The molecule has 2 rings (SSSR count). The van der Waals surface area contributed by atoms with E-state index < -0.39 is 10.8 Å². The number of hydrogen-bond donors (Lipinski definition) is 3. The molecule has 1 heterocycles. The number of piperidine rings is 1. The lowest BCUT2D eigenvalue weighted by Crippen LogP contribution is -2.47. The number of amides is 1. The number of nitro groups is 1. The van der Waals surface area contributed by atoms with Crippen LogP contribution in [0.2, 0.25) is 0 Å². The van der Waals surface area contributed by atoms with Crippen molar-refractivity contribution in [3.05, 3.63) is 33.4 Å². The summed E-state index contributed by atoms with van der Waals surface area (Å²) in [6.45, 7) is 4.44. The van der Waals surface area contributed by atoms with Crippen LogP contribution in [0.5, 0.6) is 0 Å². The number of nitrogen functional groups attached to an aromatic ring is 1. The molecule has 1 aliphatic heterocycles. The highest BCUT2D eigenvalue weighted by molar-refractivity contribution is 6.01. The Morgan fingerprint density at radius 2 is 2.08 bits per heavy atom. The number of aryl methyl sites for hydroxylation is 1. The normalized spacial score (nSPS) is 15.9. The number of methoxy groups -OCH3 is 1. The van der Waals surface area contributed by atoms with Crippen LogP contribution in [0.15, 0.2) is 12.1 Å². The van der Waals surface area contributed by atoms with Crippen molar-refractivity contribution in [2.75, 3.05) is 39.1 Å². The van der Waals surface area contributed by atoms with E-state index in [1.807, 2.05) is 0 Å². The molecular weight excluding hydrogens is 348 g/mol. The van der Waals surface area contributed by atoms with E-state index >= 15 is 0 Å². The zero-order valence-corrected chi connectivity index (χ0v) is 15.3. The Morgan fingerprint density at radius 3 is 2.64 bits per heavy atom. The van der Waals surface area contributed by atoms with Gasteiger partial charge in [0.1, 0.15) is 5.69 Å². The summed E-state index contributed by atoms with van der Waals surface area (Å²) in [5.41, 5.74) is 6.11. The summed E-state index contributed by atoms with van der Waals surface area (Å²) < 4.78 is 5.32. The smallest absolute Gasteiger partial charge is 0.293 e. The minimum Gasteiger partial charge on any atom is -0.393 e. The van der Waals surface area contributed by atoms with E-state index in [2.05, 4.69) is 10.6 Å². The largest absolute Gasteiger partial charge is 0.393 e. The fourth-order valence-electron chi connectivity index (χ4n) is 3.12. The molecule has 0 aromatic heterocycles. The summed E-state index contributed by atoms with van der Waals surface area (Å²) in [5.74, 6) is -0.395. The summed E-state index contributed by atoms with van der Waals surface area (Å²) in [6.07, 6.45) is 1.79. The zero-order chi connectivity index (χ0) is 17.7. The molecule has 1 amide bonds. The van der Waals surface area contributed by atoms with Crippen molar-refractivity contribution in [1.82, 2.24) is 10.6 Å². The molecule has 0 radical (unpaired) electrons. The predicted octanol–water partition coefficient (Wildman–Crippen LogP) is 1.65. The zero-order valence-electron chi connectivity index (χ0n) is 14.5. The highest BCUT2D eigenvalue weighted by Crippen LogP contribution is 2.30. The van der Waals surface area contributed by atoms with Crippen LogP contribution in [0.25, 0.3) is 0 Å². The monoisotopic (exact) mass is 372 g/mol. The van der Waals surface area contributed by atoms with Crippen molar-refractivity contribution in [3.63, 3.8) is 0 Å². The summed E-state index contributed by atoms with van der Waals surface area (Å²) in [5, 5.41) is 17.2. The number of carbonyl (C=O) groups excluding carboxylic acids is 1. The van der Waals surface area contributed by atoms with Gasteiger partial charge in [-0.15, -0.1) is 12.4 Å². The van der Waals surface area contributed by atoms with Crippen molar-refractivity contribution < 1.29 is 14.5 Å². The van der Waals surface area contributed by atoms with Gasteiger partial charge in [0, 0.05) is 25.1 Å². The number of nitrogens with one attached hydrogen (secondary N) is 2. The average Bonchev–Trinajstić information content (AvgIpc) is 2.55. The average molecular weight is 373 g/mol. The molecule has 140 valence electrons. The number of carbonyl (C=O) groups is 1. The third kappa shape index (κ3) is 5.04. The quantitative estimate of drug-likeness (QED) is 0.397. The van der Waals surface area contributed by atoms with Gasteiger partial charge < -0.3 is 21.1 Å². The SMILES string of the molecule is COCC1(CNC(=O)c2cc(C)cc([N+](=O)[O-])c2N)CCNCC1.Cl. The van der Waals surface area contributed by atoms with Gasteiger partial charge in [-0.3, -0.25) is 14.9 Å². The molecule has 0 bridgehead atoms. The lowest BCUT2D eigenvalue weighted by molar-refractivity contribution is -0.384. The first-order valence-corrected chi connectivity index (χ1v) is 7.91. The fraction of sp³-hybridized carbons (Fsp3) is 0.562. The Hall–Kier alpha value is -1.90. The lowest BCUT2D eigenvalue weighted by atomic mass is 9.79. The highest BCUT2D eigenvalue weighted by Gasteiger charge is 2.33. The first kappa shape index (κ1) is 21.1. The summed E-state index contributed by atoms with van der Waals surface area (Å²) in [6, 6.07) is 2.94. The number of nitro benzene ring substituents is 1. The van der Waals surface area contributed by atoms with Crippen LogP contribution in [0.1, 0.15) is 28.8 Å². The van der Waals surface area contributed by atoms with Crippen molar-refractivity contribution in [2.45, 2.75) is 19.8 Å². The maximum Gasteiger partial charge on any atom is 0.293 e. The fourth-order valence-corrected chi connectivity index (χ4v) is 3.12. The molecule has 9 heteroatoms. The highest BCUT2D eigenvalue weighted by atomic mass is 35.5. The second kappa shape index (κ2) is 8.98. The predicted molar refractivity (Wildman–Crippen MR) is 98.2 cm³/mol. The van der Waals surface area contributed by atoms with Crippen LogP contribution in [-0.4, -0.2) is 44.2 Å². The van der Waals surface area contributed by atoms with Gasteiger partial charge in [0.15, 0.2) is 0 Å². The van der Waals surface area contributed by atoms with E-state index in [0.29, 0.717) is 18.7 Å². The molecule has 0 aliphatic carbocycles. The van der Waals surface area contributed by atoms with E-state index in [4.69, 9.17) is 10.5 Å². The third-order valence-corrected chi connectivity index (χ3v) is 4.48. The maximum atomic E-state index is 12.5. The van der Waals surface area contributed by atoms with Gasteiger partial charge >= 0.3 is 0 Å². The standard InChI is InChI=1S/C16H24N4O4.ClH/c1-11-7-12(14(17)13(8-11)20(22)23)15(21)19-9-16(10-24-2)3-5-18-6-4-16;/h7-8,18H,3-6,9-10,17H2,1-2H3,(H,19,21);1H. The molecule has 1 saturated heterocycles. The number of rotatable bonds is 6. The van der Waals surface area contributed by atoms with Crippen LogP contribution in [0.4, 0.5) is 11.4 Å². The number of nitrogens with two attached hydrogens (primary N) is 1. The Morgan fingerprint density at radius 1 is 1.44 bits per heavy atom. The molecule has 1 aliphatic rings. The first-order valence-electron chi connectivity index (χ1n) is 7.91. The summed E-state index contributed by atoms with van der Waals surface area (Å²) in [4.78, 5) is 23.0. The van der Waals surface area contributed by atoms with Gasteiger partial charge in [-0.05, 0) is 44.5 Å². The topological polar surface area (TPSA) is 120 Å². The van der Waals surface area contributed by atoms with E-state index in [0.717, 1.165) is 25.9 Å². The number of anilines is 1. The van der Waals surface area contributed by atoms with E-state index in [1.165, 1.54) is 6.07 Å². The van der Waals surface area contributed by atoms with Crippen LogP contribution in [-0.2, 0) is 4.74 Å². The molecule has 0 saturated carbocycles. The van der Waals surface area contributed by atoms with Crippen molar-refractivity contribution in [2.24, 2.45) is 5.41 Å². The number of hydrogen-bond acceptors (Lipinski definition) is 6. The molecule has 1 fully saturated rings. The van der Waals surface area contributed by atoms with Crippen LogP contribution in [0.3, 0.4) is 0 Å².